The Kier molecular flexibility index (Phi) is 3.54. The van der Waals surface area contributed by atoms with E-state index >= 15 is 0 Å². The highest BCUT2D eigenvalue weighted by atomic mass is 16.4. The summed E-state index contributed by atoms with van der Waals surface area (Å²) in [6.07, 6.45) is 5.39. The average Bonchev–Trinajstić information content (AvgIpc) is 2.46. The van der Waals surface area contributed by atoms with Gasteiger partial charge in [0.1, 0.15) is 0 Å². The largest absolute Gasteiger partial charge is 0.478 e. The van der Waals surface area contributed by atoms with E-state index in [1.807, 2.05) is 6.07 Å². The first kappa shape index (κ1) is 13.4. The van der Waals surface area contributed by atoms with Crippen molar-refractivity contribution in [3.8, 4) is 23.5 Å². The predicted molar refractivity (Wildman–Crippen MR) is 73.7 cm³/mol. The third-order valence-electron chi connectivity index (χ3n) is 2.88. The second kappa shape index (κ2) is 5.29. The number of benzene rings is 2. The zero-order chi connectivity index (χ0) is 14.7. The number of carboxylic acid groups (broad SMARTS) is 2. The number of hydrogen-bond donors (Lipinski definition) is 2. The van der Waals surface area contributed by atoms with Gasteiger partial charge < -0.3 is 10.2 Å². The molecule has 0 aliphatic heterocycles. The maximum atomic E-state index is 11.3. The van der Waals surface area contributed by atoms with Gasteiger partial charge in [-0.05, 0) is 17.2 Å². The van der Waals surface area contributed by atoms with Crippen LogP contribution in [0.15, 0.2) is 42.5 Å². The fourth-order valence-electron chi connectivity index (χ4n) is 2.01. The van der Waals surface area contributed by atoms with Crippen LogP contribution in [-0.2, 0) is 0 Å². The zero-order valence-corrected chi connectivity index (χ0v) is 10.3. The molecule has 4 heteroatoms. The van der Waals surface area contributed by atoms with Gasteiger partial charge in [-0.3, -0.25) is 0 Å². The minimum atomic E-state index is -1.35. The Balaban J connectivity index is 2.81. The van der Waals surface area contributed by atoms with Crippen molar-refractivity contribution in [3.63, 3.8) is 0 Å². The SMILES string of the molecule is C#Cc1c(-c2ccccc2)ccc(C(=O)O)c1C(=O)O. The molecule has 2 aromatic rings. The molecule has 0 fully saturated rings. The summed E-state index contributed by atoms with van der Waals surface area (Å²) in [5.74, 6) is -0.379. The molecule has 0 unspecified atom stereocenters. The summed E-state index contributed by atoms with van der Waals surface area (Å²) in [5, 5.41) is 18.3. The molecule has 0 aliphatic carbocycles. The molecule has 2 rings (SSSR count). The lowest BCUT2D eigenvalue weighted by Crippen LogP contribution is -2.11. The van der Waals surface area contributed by atoms with Gasteiger partial charge in [0.15, 0.2) is 0 Å². The fourth-order valence-corrected chi connectivity index (χ4v) is 2.01. The summed E-state index contributed by atoms with van der Waals surface area (Å²) in [6.45, 7) is 0. The molecule has 98 valence electrons. The van der Waals surface area contributed by atoms with Crippen molar-refractivity contribution in [1.29, 1.82) is 0 Å². The molecule has 2 aromatic carbocycles. The summed E-state index contributed by atoms with van der Waals surface area (Å²) in [5.41, 5.74) is 0.658. The molecule has 0 saturated heterocycles. The van der Waals surface area contributed by atoms with E-state index in [0.717, 1.165) is 5.56 Å². The number of hydrogen-bond acceptors (Lipinski definition) is 2. The number of carboxylic acids is 2. The van der Waals surface area contributed by atoms with Gasteiger partial charge in [0, 0.05) is 5.56 Å². The van der Waals surface area contributed by atoms with Crippen LogP contribution in [0.25, 0.3) is 11.1 Å². The molecule has 20 heavy (non-hydrogen) atoms. The van der Waals surface area contributed by atoms with Gasteiger partial charge >= 0.3 is 11.9 Å². The van der Waals surface area contributed by atoms with Crippen LogP contribution in [0.2, 0.25) is 0 Å². The van der Waals surface area contributed by atoms with Crippen molar-refractivity contribution in [2.45, 2.75) is 0 Å². The fraction of sp³-hybridized carbons (Fsp3) is 0. The summed E-state index contributed by atoms with van der Waals surface area (Å²) in [4.78, 5) is 22.4. The quantitative estimate of drug-likeness (QED) is 0.838. The van der Waals surface area contributed by atoms with Gasteiger partial charge in [-0.2, -0.15) is 0 Å². The average molecular weight is 266 g/mol. The number of carbonyl (C=O) groups is 2. The van der Waals surface area contributed by atoms with Crippen LogP contribution in [0.3, 0.4) is 0 Å². The Morgan fingerprint density at radius 2 is 1.60 bits per heavy atom. The van der Waals surface area contributed by atoms with Crippen LogP contribution in [0.1, 0.15) is 26.3 Å². The maximum Gasteiger partial charge on any atom is 0.337 e. The van der Waals surface area contributed by atoms with E-state index in [1.165, 1.54) is 12.1 Å². The molecule has 0 spiro atoms. The third kappa shape index (κ3) is 2.25. The maximum absolute atomic E-state index is 11.3. The molecule has 0 saturated carbocycles. The van der Waals surface area contributed by atoms with Crippen molar-refractivity contribution in [2.75, 3.05) is 0 Å². The Labute approximate surface area is 115 Å². The Morgan fingerprint density at radius 3 is 2.10 bits per heavy atom. The standard InChI is InChI=1S/C16H10O4/c1-2-11-12(10-6-4-3-5-7-10)8-9-13(15(17)18)14(11)16(19)20/h1,3-9H,(H,17,18)(H,19,20). The lowest BCUT2D eigenvalue weighted by molar-refractivity contribution is 0.0651. The first-order chi connectivity index (χ1) is 9.56. The predicted octanol–water partition coefficient (Wildman–Crippen LogP) is 2.73. The van der Waals surface area contributed by atoms with Crippen LogP contribution in [-0.4, -0.2) is 22.2 Å². The smallest absolute Gasteiger partial charge is 0.337 e. The van der Waals surface area contributed by atoms with Gasteiger partial charge in [0.2, 0.25) is 0 Å². The van der Waals surface area contributed by atoms with Crippen molar-refractivity contribution >= 4 is 11.9 Å². The first-order valence-electron chi connectivity index (χ1n) is 5.72. The molecular weight excluding hydrogens is 256 g/mol. The number of rotatable bonds is 3. The van der Waals surface area contributed by atoms with Crippen LogP contribution >= 0.6 is 0 Å². The summed E-state index contributed by atoms with van der Waals surface area (Å²) in [6, 6.07) is 11.8. The van der Waals surface area contributed by atoms with E-state index in [0.29, 0.717) is 5.56 Å². The number of aromatic carboxylic acids is 2. The molecule has 0 heterocycles. The highest BCUT2D eigenvalue weighted by Gasteiger charge is 2.22. The minimum absolute atomic E-state index is 0.0728. The molecule has 4 nitrogen and oxygen atoms in total. The molecular formula is C16H10O4. The zero-order valence-electron chi connectivity index (χ0n) is 10.3. The Morgan fingerprint density at radius 1 is 0.950 bits per heavy atom. The third-order valence-corrected chi connectivity index (χ3v) is 2.88. The van der Waals surface area contributed by atoms with Crippen LogP contribution in [0, 0.1) is 12.3 Å². The van der Waals surface area contributed by atoms with Gasteiger partial charge in [-0.25, -0.2) is 9.59 Å². The summed E-state index contributed by atoms with van der Waals surface area (Å²) >= 11 is 0. The van der Waals surface area contributed by atoms with E-state index in [4.69, 9.17) is 11.5 Å². The lowest BCUT2D eigenvalue weighted by Gasteiger charge is -2.10. The lowest BCUT2D eigenvalue weighted by atomic mass is 9.92. The van der Waals surface area contributed by atoms with E-state index < -0.39 is 11.9 Å². The summed E-state index contributed by atoms with van der Waals surface area (Å²) in [7, 11) is 0. The van der Waals surface area contributed by atoms with Gasteiger partial charge in [-0.15, -0.1) is 6.42 Å². The first-order valence-corrected chi connectivity index (χ1v) is 5.72. The topological polar surface area (TPSA) is 74.6 Å². The molecule has 0 atom stereocenters. The molecule has 0 bridgehead atoms. The van der Waals surface area contributed by atoms with E-state index in [1.54, 1.807) is 24.3 Å². The highest BCUT2D eigenvalue weighted by Crippen LogP contribution is 2.28. The van der Waals surface area contributed by atoms with Crippen LogP contribution < -0.4 is 0 Å². The highest BCUT2D eigenvalue weighted by molar-refractivity contribution is 6.05. The Hall–Kier alpha value is -3.06. The summed E-state index contributed by atoms with van der Waals surface area (Å²) < 4.78 is 0. The second-order valence-corrected chi connectivity index (χ2v) is 4.03. The van der Waals surface area contributed by atoms with E-state index in [-0.39, 0.29) is 16.7 Å². The van der Waals surface area contributed by atoms with Crippen LogP contribution in [0.4, 0.5) is 0 Å². The van der Waals surface area contributed by atoms with E-state index in [2.05, 4.69) is 5.92 Å². The van der Waals surface area contributed by atoms with Crippen molar-refractivity contribution in [1.82, 2.24) is 0 Å². The Bertz CT molecular complexity index is 724. The minimum Gasteiger partial charge on any atom is -0.478 e. The number of terminal acetylenes is 1. The molecule has 2 N–H and O–H groups in total. The van der Waals surface area contributed by atoms with Crippen molar-refractivity contribution < 1.29 is 19.8 Å². The monoisotopic (exact) mass is 266 g/mol. The normalized spacial score (nSPS) is 9.75. The van der Waals surface area contributed by atoms with Gasteiger partial charge in [-0.1, -0.05) is 42.3 Å². The van der Waals surface area contributed by atoms with Crippen molar-refractivity contribution in [2.24, 2.45) is 0 Å². The van der Waals surface area contributed by atoms with Gasteiger partial charge in [0.05, 0.1) is 11.1 Å². The molecule has 0 radical (unpaired) electrons. The van der Waals surface area contributed by atoms with Gasteiger partial charge in [0.25, 0.3) is 0 Å². The van der Waals surface area contributed by atoms with Crippen molar-refractivity contribution in [3.05, 3.63) is 59.2 Å². The molecule has 0 aliphatic rings. The van der Waals surface area contributed by atoms with Crippen LogP contribution in [0.5, 0.6) is 0 Å². The molecule has 0 amide bonds. The van der Waals surface area contributed by atoms with E-state index in [9.17, 15) is 14.7 Å². The molecule has 0 aromatic heterocycles. The second-order valence-electron chi connectivity index (χ2n) is 4.03.